The van der Waals surface area contributed by atoms with Crippen LogP contribution in [0.15, 0.2) is 42.5 Å². The van der Waals surface area contributed by atoms with Gasteiger partial charge in [-0.2, -0.15) is 0 Å². The first kappa shape index (κ1) is 22.7. The average Bonchev–Trinajstić information content (AvgIpc) is 3.12. The number of halogens is 1. The van der Waals surface area contributed by atoms with Crippen molar-refractivity contribution in [3.63, 3.8) is 0 Å². The SMILES string of the molecule is NC(=O)Nc1ccc(O)cc1N1CC(O)C(NC2CCN(Cc3ccc(Cl)cc3)CC2)C1. The minimum atomic E-state index is -0.670. The molecule has 2 unspecified atom stereocenters. The second kappa shape index (κ2) is 9.95. The van der Waals surface area contributed by atoms with Gasteiger partial charge in [0.25, 0.3) is 0 Å². The molecular weight excluding hydrogens is 430 g/mol. The molecule has 2 heterocycles. The molecule has 0 saturated carbocycles. The number of hydrogen-bond donors (Lipinski definition) is 5. The maximum atomic E-state index is 11.3. The van der Waals surface area contributed by atoms with Gasteiger partial charge >= 0.3 is 6.03 Å². The predicted octanol–water partition coefficient (Wildman–Crippen LogP) is 2.34. The fourth-order valence-corrected chi connectivity index (χ4v) is 4.70. The lowest BCUT2D eigenvalue weighted by Gasteiger charge is -2.34. The van der Waals surface area contributed by atoms with Crippen LogP contribution in [0.25, 0.3) is 0 Å². The lowest BCUT2D eigenvalue weighted by atomic mass is 10.0. The molecule has 2 amide bonds. The number of rotatable bonds is 6. The van der Waals surface area contributed by atoms with Gasteiger partial charge in [-0.25, -0.2) is 4.79 Å². The summed E-state index contributed by atoms with van der Waals surface area (Å²) in [5, 5.41) is 27.5. The summed E-state index contributed by atoms with van der Waals surface area (Å²) in [7, 11) is 0. The number of urea groups is 1. The van der Waals surface area contributed by atoms with Crippen molar-refractivity contribution in [2.45, 2.75) is 37.6 Å². The molecular formula is C23H30ClN5O3. The van der Waals surface area contributed by atoms with Crippen molar-refractivity contribution in [1.82, 2.24) is 10.2 Å². The first-order valence-electron chi connectivity index (χ1n) is 10.9. The molecule has 2 aliphatic rings. The first-order chi connectivity index (χ1) is 15.4. The molecule has 172 valence electrons. The largest absolute Gasteiger partial charge is 0.508 e. The molecule has 6 N–H and O–H groups in total. The van der Waals surface area contributed by atoms with Gasteiger partial charge in [-0.05, 0) is 55.8 Å². The number of aliphatic hydroxyl groups is 1. The van der Waals surface area contributed by atoms with Gasteiger partial charge < -0.3 is 31.5 Å². The smallest absolute Gasteiger partial charge is 0.316 e. The molecule has 2 atom stereocenters. The summed E-state index contributed by atoms with van der Waals surface area (Å²) in [6.07, 6.45) is 1.47. The minimum Gasteiger partial charge on any atom is -0.508 e. The number of nitrogens with one attached hydrogen (secondary N) is 2. The van der Waals surface area contributed by atoms with Crippen molar-refractivity contribution in [3.8, 4) is 5.75 Å². The van der Waals surface area contributed by atoms with Crippen LogP contribution in [-0.2, 0) is 6.54 Å². The number of hydrogen-bond acceptors (Lipinski definition) is 6. The van der Waals surface area contributed by atoms with Gasteiger partial charge in [-0.1, -0.05) is 23.7 Å². The highest BCUT2D eigenvalue weighted by Gasteiger charge is 2.34. The molecule has 0 spiro atoms. The number of carbonyl (C=O) groups excluding carboxylic acids is 1. The maximum absolute atomic E-state index is 11.3. The number of phenols is 1. The summed E-state index contributed by atoms with van der Waals surface area (Å²) in [4.78, 5) is 15.7. The van der Waals surface area contributed by atoms with Crippen LogP contribution in [-0.4, -0.2) is 65.5 Å². The van der Waals surface area contributed by atoms with Gasteiger partial charge in [0.15, 0.2) is 0 Å². The highest BCUT2D eigenvalue weighted by molar-refractivity contribution is 6.30. The fraction of sp³-hybridized carbons (Fsp3) is 0.435. The Labute approximate surface area is 193 Å². The normalized spacial score (nSPS) is 22.2. The second-order valence-electron chi connectivity index (χ2n) is 8.61. The Morgan fingerprint density at radius 2 is 1.84 bits per heavy atom. The van der Waals surface area contributed by atoms with Gasteiger partial charge in [-0.15, -0.1) is 0 Å². The van der Waals surface area contributed by atoms with E-state index in [2.05, 4.69) is 27.7 Å². The minimum absolute atomic E-state index is 0.0911. The molecule has 2 aromatic carbocycles. The Morgan fingerprint density at radius 3 is 2.53 bits per heavy atom. The van der Waals surface area contributed by atoms with Crippen molar-refractivity contribution in [1.29, 1.82) is 0 Å². The number of primary amides is 1. The van der Waals surface area contributed by atoms with Crippen molar-refractivity contribution < 1.29 is 15.0 Å². The molecule has 2 fully saturated rings. The van der Waals surface area contributed by atoms with Crippen LogP contribution in [0.2, 0.25) is 5.02 Å². The van der Waals surface area contributed by atoms with E-state index in [-0.39, 0.29) is 11.8 Å². The molecule has 9 heteroatoms. The number of nitrogens with two attached hydrogens (primary N) is 1. The summed E-state index contributed by atoms with van der Waals surface area (Å²) >= 11 is 5.97. The molecule has 2 aromatic rings. The molecule has 2 saturated heterocycles. The summed E-state index contributed by atoms with van der Waals surface area (Å²) in [6, 6.07) is 12.2. The Kier molecular flexibility index (Phi) is 7.05. The van der Waals surface area contributed by atoms with Gasteiger partial charge in [0.05, 0.1) is 23.5 Å². The monoisotopic (exact) mass is 459 g/mol. The van der Waals surface area contributed by atoms with Gasteiger partial charge in [0.2, 0.25) is 0 Å². The van der Waals surface area contributed by atoms with E-state index in [0.717, 1.165) is 37.5 Å². The fourth-order valence-electron chi connectivity index (χ4n) is 4.58. The standard InChI is InChI=1S/C23H30ClN5O3/c24-16-3-1-15(2-4-16)12-28-9-7-17(8-10-28)26-20-13-29(14-22(20)31)21-11-18(30)5-6-19(21)27-23(25)32/h1-6,11,17,20,22,26,30-31H,7-10,12-14H2,(H3,25,27,32). The van der Waals surface area contributed by atoms with Crippen molar-refractivity contribution in [2.75, 3.05) is 36.4 Å². The molecule has 0 radical (unpaired) electrons. The van der Waals surface area contributed by atoms with E-state index in [1.807, 2.05) is 17.0 Å². The molecule has 4 rings (SSSR count). The van der Waals surface area contributed by atoms with Crippen LogP contribution in [0.1, 0.15) is 18.4 Å². The number of anilines is 2. The topological polar surface area (TPSA) is 114 Å². The quantitative estimate of drug-likeness (QED) is 0.424. The highest BCUT2D eigenvalue weighted by atomic mass is 35.5. The van der Waals surface area contributed by atoms with Crippen LogP contribution in [0.5, 0.6) is 5.75 Å². The Morgan fingerprint density at radius 1 is 1.12 bits per heavy atom. The number of likely N-dealkylation sites (tertiary alicyclic amines) is 1. The highest BCUT2D eigenvalue weighted by Crippen LogP contribution is 2.32. The van der Waals surface area contributed by atoms with E-state index < -0.39 is 12.1 Å². The number of amides is 2. The average molecular weight is 460 g/mol. The summed E-state index contributed by atoms with van der Waals surface area (Å²) in [5.74, 6) is 0.0916. The molecule has 2 aliphatic heterocycles. The molecule has 0 bridgehead atoms. The number of aliphatic hydroxyl groups excluding tert-OH is 1. The second-order valence-corrected chi connectivity index (χ2v) is 9.05. The van der Waals surface area contributed by atoms with Gasteiger partial charge in [0.1, 0.15) is 5.75 Å². The molecule has 8 nitrogen and oxygen atoms in total. The number of benzene rings is 2. The zero-order chi connectivity index (χ0) is 22.7. The van der Waals surface area contributed by atoms with Crippen LogP contribution in [0.4, 0.5) is 16.2 Å². The summed E-state index contributed by atoms with van der Waals surface area (Å²) in [5.41, 5.74) is 7.69. The van der Waals surface area contributed by atoms with E-state index in [4.69, 9.17) is 17.3 Å². The van der Waals surface area contributed by atoms with E-state index in [0.29, 0.717) is 30.5 Å². The predicted molar refractivity (Wildman–Crippen MR) is 126 cm³/mol. The number of β-amino-alcohol motifs (C(OH)–C–C–N with tert-alkyl or cyclic N) is 1. The molecule has 32 heavy (non-hydrogen) atoms. The number of phenolic OH excluding ortho intramolecular Hbond substituents is 1. The van der Waals surface area contributed by atoms with Crippen molar-refractivity contribution >= 4 is 29.0 Å². The summed E-state index contributed by atoms with van der Waals surface area (Å²) in [6.45, 7) is 3.88. The zero-order valence-electron chi connectivity index (χ0n) is 17.9. The van der Waals surface area contributed by atoms with Crippen LogP contribution < -0.4 is 21.3 Å². The Hall–Kier alpha value is -2.52. The number of aromatic hydroxyl groups is 1. The lowest BCUT2D eigenvalue weighted by Crippen LogP contribution is -2.49. The van der Waals surface area contributed by atoms with Gasteiger partial charge in [-0.3, -0.25) is 4.90 Å². The van der Waals surface area contributed by atoms with E-state index in [1.165, 1.54) is 11.6 Å². The Balaban J connectivity index is 1.31. The lowest BCUT2D eigenvalue weighted by molar-refractivity contribution is 0.136. The van der Waals surface area contributed by atoms with Gasteiger partial charge in [0, 0.05) is 36.8 Å². The van der Waals surface area contributed by atoms with Crippen molar-refractivity contribution in [2.24, 2.45) is 5.73 Å². The Bertz CT molecular complexity index is 934. The van der Waals surface area contributed by atoms with Crippen LogP contribution in [0, 0.1) is 0 Å². The third-order valence-electron chi connectivity index (χ3n) is 6.23. The zero-order valence-corrected chi connectivity index (χ0v) is 18.6. The first-order valence-corrected chi connectivity index (χ1v) is 11.3. The number of piperidine rings is 1. The van der Waals surface area contributed by atoms with Crippen LogP contribution >= 0.6 is 11.6 Å². The third-order valence-corrected chi connectivity index (χ3v) is 6.48. The third kappa shape index (κ3) is 5.63. The summed E-state index contributed by atoms with van der Waals surface area (Å²) < 4.78 is 0. The van der Waals surface area contributed by atoms with E-state index in [9.17, 15) is 15.0 Å². The number of nitrogens with zero attached hydrogens (tertiary/aromatic N) is 2. The number of carbonyl (C=O) groups is 1. The maximum Gasteiger partial charge on any atom is 0.316 e. The molecule has 0 aliphatic carbocycles. The van der Waals surface area contributed by atoms with E-state index >= 15 is 0 Å². The van der Waals surface area contributed by atoms with Crippen LogP contribution in [0.3, 0.4) is 0 Å². The van der Waals surface area contributed by atoms with E-state index in [1.54, 1.807) is 12.1 Å². The molecule has 0 aromatic heterocycles. The van der Waals surface area contributed by atoms with Crippen molar-refractivity contribution in [3.05, 3.63) is 53.1 Å².